The molecule has 1 fully saturated rings. The molecule has 2 amide bonds. The lowest BCUT2D eigenvalue weighted by molar-refractivity contribution is -0.114. The van der Waals surface area contributed by atoms with E-state index in [-0.39, 0.29) is 42.5 Å². The summed E-state index contributed by atoms with van der Waals surface area (Å²) in [6, 6.07) is 14.5. The Bertz CT molecular complexity index is 2250. The molecule has 0 bridgehead atoms. The summed E-state index contributed by atoms with van der Waals surface area (Å²) in [4.78, 5) is 39.3. The van der Waals surface area contributed by atoms with Crippen molar-refractivity contribution < 1.29 is 74.2 Å². The Labute approximate surface area is 326 Å². The lowest BCUT2D eigenvalue weighted by atomic mass is 9.97. The van der Waals surface area contributed by atoms with Crippen LogP contribution >= 0.6 is 23.5 Å². The van der Waals surface area contributed by atoms with E-state index in [4.69, 9.17) is 22.8 Å². The fourth-order valence-electron chi connectivity index (χ4n) is 5.93. The first-order chi connectivity index (χ1) is 27.0. The molecular weight excluding hydrogens is 815 g/mol. The average molecular weight is 856 g/mol. The molecular formula is C34H40N3O17P3. The van der Waals surface area contributed by atoms with Crippen molar-refractivity contribution in [3.8, 4) is 28.8 Å². The first-order valence-electron chi connectivity index (χ1n) is 16.9. The maximum atomic E-state index is 13.1. The molecule has 0 spiro atoms. The van der Waals surface area contributed by atoms with Crippen LogP contribution in [0, 0.1) is 11.8 Å². The number of aliphatic hydroxyl groups is 1. The van der Waals surface area contributed by atoms with E-state index in [0.717, 1.165) is 50.7 Å². The van der Waals surface area contributed by atoms with Gasteiger partial charge in [0.2, 0.25) is 11.8 Å². The van der Waals surface area contributed by atoms with Gasteiger partial charge in [-0.05, 0) is 40.5 Å². The summed E-state index contributed by atoms with van der Waals surface area (Å²) in [5.41, 5.74) is 3.60. The van der Waals surface area contributed by atoms with Crippen LogP contribution in [0.15, 0.2) is 53.3 Å². The monoisotopic (exact) mass is 855 g/mol. The summed E-state index contributed by atoms with van der Waals surface area (Å²) in [5.74, 6) is 4.26. The normalized spacial score (nSPS) is 20.6. The number of anilines is 1. The van der Waals surface area contributed by atoms with Gasteiger partial charge in [-0.2, -0.15) is 8.62 Å². The number of aromatic hydroxyl groups is 1. The number of hydrogen-bond donors (Lipinski definition) is 5. The number of nitrogens with one attached hydrogen (secondary N) is 3. The van der Waals surface area contributed by atoms with E-state index in [9.17, 15) is 38.3 Å². The zero-order chi connectivity index (χ0) is 41.5. The van der Waals surface area contributed by atoms with Crippen molar-refractivity contribution in [1.29, 1.82) is 0 Å². The average Bonchev–Trinajstić information content (AvgIpc) is 3.71. The smallest absolute Gasteiger partial charge is 0.492 e. The van der Waals surface area contributed by atoms with Gasteiger partial charge in [-0.1, -0.05) is 42.2 Å². The molecule has 2 aromatic carbocycles. The molecule has 1 aliphatic heterocycles. The third-order valence-electron chi connectivity index (χ3n) is 8.61. The molecule has 0 radical (unpaired) electrons. The Kier molecular flexibility index (Phi) is 14.3. The van der Waals surface area contributed by atoms with Crippen molar-refractivity contribution in [2.75, 3.05) is 53.5 Å². The molecule has 2 heterocycles. The third kappa shape index (κ3) is 10.7. The summed E-state index contributed by atoms with van der Waals surface area (Å²) in [5, 5.41) is 26.3. The number of aromatic nitrogens is 1. The fraction of sp³-hybridized carbons (Fsp3) is 0.382. The molecule has 3 aromatic rings. The maximum Gasteiger partial charge on any atom is 0.492 e. The third-order valence-corrected chi connectivity index (χ3v) is 14.1. The van der Waals surface area contributed by atoms with E-state index in [1.807, 2.05) is 42.5 Å². The molecule has 1 aliphatic carbocycles. The highest BCUT2D eigenvalue weighted by Gasteiger charge is 2.47. The molecule has 0 saturated carbocycles. The number of ether oxygens (including phenoxy) is 2. The van der Waals surface area contributed by atoms with E-state index in [1.54, 1.807) is 0 Å². The number of carbonyl (C=O) groups is 2. The summed E-state index contributed by atoms with van der Waals surface area (Å²) in [7, 11) is -10.7. The van der Waals surface area contributed by atoms with Crippen LogP contribution in [0.4, 0.5) is 10.5 Å². The molecule has 57 heavy (non-hydrogen) atoms. The van der Waals surface area contributed by atoms with Gasteiger partial charge in [0.15, 0.2) is 0 Å². The minimum Gasteiger partial charge on any atom is -0.494 e. The first kappa shape index (κ1) is 43.9. The molecule has 6 atom stereocenters. The van der Waals surface area contributed by atoms with Gasteiger partial charge in [0.1, 0.15) is 12.7 Å². The van der Waals surface area contributed by atoms with E-state index in [2.05, 4.69) is 45.3 Å². The van der Waals surface area contributed by atoms with Gasteiger partial charge in [-0.15, -0.1) is 0 Å². The number of amides is 2. The van der Waals surface area contributed by atoms with Crippen LogP contribution in [0.5, 0.6) is 5.88 Å². The number of H-pyrrole nitrogens is 1. The van der Waals surface area contributed by atoms with Crippen LogP contribution in [0.3, 0.4) is 0 Å². The Morgan fingerprint density at radius 1 is 0.895 bits per heavy atom. The number of rotatable bonds is 16. The number of aliphatic hydroxyl groups excluding tert-OH is 1. The highest BCUT2D eigenvalue weighted by Crippen LogP contribution is 2.72. The minimum atomic E-state index is -4.95. The summed E-state index contributed by atoms with van der Waals surface area (Å²) >= 11 is 0. The number of pyridine rings is 1. The van der Waals surface area contributed by atoms with Gasteiger partial charge in [0.05, 0.1) is 30.9 Å². The number of benzene rings is 2. The second kappa shape index (κ2) is 18.6. The highest BCUT2D eigenvalue weighted by molar-refractivity contribution is 7.67. The van der Waals surface area contributed by atoms with Crippen LogP contribution in [0.2, 0.25) is 0 Å². The van der Waals surface area contributed by atoms with E-state index >= 15 is 0 Å². The molecule has 308 valence electrons. The van der Waals surface area contributed by atoms with Crippen LogP contribution in [0.25, 0.3) is 11.1 Å². The molecule has 1 saturated heterocycles. The van der Waals surface area contributed by atoms with Gasteiger partial charge in [-0.25, -0.2) is 18.5 Å². The molecule has 2 aliphatic rings. The lowest BCUT2D eigenvalue weighted by Crippen LogP contribution is -2.26. The number of hydrogen-bond acceptors (Lipinski definition) is 17. The fourth-order valence-corrected chi connectivity index (χ4v) is 10.4. The topological polar surface area (TPSA) is 266 Å². The van der Waals surface area contributed by atoms with Crippen LogP contribution in [-0.4, -0.2) is 87.6 Å². The van der Waals surface area contributed by atoms with Crippen molar-refractivity contribution in [3.05, 3.63) is 81.1 Å². The Morgan fingerprint density at radius 3 is 2.25 bits per heavy atom. The number of alkyl carbamates (subject to hydrolysis) is 1. The zero-order valence-electron chi connectivity index (χ0n) is 31.1. The number of fused-ring (bicyclic) bond motifs is 3. The Morgan fingerprint density at radius 2 is 1.56 bits per heavy atom. The van der Waals surface area contributed by atoms with Crippen molar-refractivity contribution in [3.63, 3.8) is 0 Å². The van der Waals surface area contributed by atoms with Crippen LogP contribution in [0.1, 0.15) is 47.6 Å². The van der Waals surface area contributed by atoms with Crippen LogP contribution < -0.4 is 16.2 Å². The van der Waals surface area contributed by atoms with Crippen molar-refractivity contribution >= 4 is 41.2 Å². The van der Waals surface area contributed by atoms with E-state index in [0.29, 0.717) is 5.69 Å². The molecule has 23 heteroatoms. The summed E-state index contributed by atoms with van der Waals surface area (Å²) < 4.78 is 82.7. The molecule has 20 nitrogen and oxygen atoms in total. The van der Waals surface area contributed by atoms with Crippen molar-refractivity contribution in [2.24, 2.45) is 0 Å². The predicted octanol–water partition coefficient (Wildman–Crippen LogP) is 5.08. The lowest BCUT2D eigenvalue weighted by Gasteiger charge is -2.24. The number of phosphoric acid groups is 3. The highest BCUT2D eigenvalue weighted by atomic mass is 31.3. The van der Waals surface area contributed by atoms with Gasteiger partial charge in [0.25, 0.3) is 5.56 Å². The largest absolute Gasteiger partial charge is 0.494 e. The number of phosphoric ester groups is 2. The number of aromatic amines is 1. The summed E-state index contributed by atoms with van der Waals surface area (Å²) in [6.07, 6.45) is -4.52. The predicted molar refractivity (Wildman–Crippen MR) is 200 cm³/mol. The van der Waals surface area contributed by atoms with Gasteiger partial charge >= 0.3 is 29.6 Å². The first-order valence-corrected chi connectivity index (χ1v) is 21.2. The van der Waals surface area contributed by atoms with E-state index in [1.165, 1.54) is 13.0 Å². The minimum absolute atomic E-state index is 0.000511. The molecule has 5 N–H and O–H groups in total. The van der Waals surface area contributed by atoms with Gasteiger partial charge < -0.3 is 30.3 Å². The second-order valence-corrected chi connectivity index (χ2v) is 17.9. The maximum absolute atomic E-state index is 13.1. The van der Waals surface area contributed by atoms with Gasteiger partial charge in [-0.3, -0.25) is 37.2 Å². The quantitative estimate of drug-likeness (QED) is 0.0929. The molecule has 4 unspecified atom stereocenters. The number of carbonyl (C=O) groups excluding carboxylic acids is 2. The SMILES string of the molecule is COP(=O)(OC)OP(=O)(OC)OP(=O)(OC)OC[C@H]1O[C@@H](c2cc(C#CCNC(=O)OCC3c4ccccc4-c4ccc(NC(C)=O)cc43)c(O)[nH]c2=O)CC1O. The van der Waals surface area contributed by atoms with E-state index < -0.39 is 65.9 Å². The van der Waals surface area contributed by atoms with Crippen molar-refractivity contribution in [2.45, 2.75) is 37.6 Å². The zero-order valence-corrected chi connectivity index (χ0v) is 33.8. The molecule has 1 aromatic heterocycles. The standard InChI is InChI=1S/C34H40N3O17P3/c1-20(38)36-22-12-13-25-23-10-6-7-11-24(23)28(26(25)16-22)18-50-34(42)35-14-8-9-21-15-27(33(41)37-32(21)40)30-17-29(39)31(52-30)19-51-56(44,48-4)54-57(45,49-5)53-55(43,46-2)47-3/h6-7,10-13,15-16,28-31,39H,14,17-19H2,1-5H3,(H,35,42)(H,36,38)(H2,37,40,41)/t28?,29?,30-,31-,56?,57?/m1/s1. The Hall–Kier alpha value is -4.18. The summed E-state index contributed by atoms with van der Waals surface area (Å²) in [6.45, 7) is 0.520. The van der Waals surface area contributed by atoms with Crippen LogP contribution in [-0.2, 0) is 59.2 Å². The van der Waals surface area contributed by atoms with Crippen molar-refractivity contribution in [1.82, 2.24) is 10.3 Å². The Balaban J connectivity index is 1.18. The molecule has 5 rings (SSSR count). The van der Waals surface area contributed by atoms with Gasteiger partial charge in [0, 0.05) is 59.0 Å². The second-order valence-electron chi connectivity index (χ2n) is 12.2.